The van der Waals surface area contributed by atoms with Crippen molar-refractivity contribution in [3.63, 3.8) is 0 Å². The van der Waals surface area contributed by atoms with Crippen molar-refractivity contribution in [3.05, 3.63) is 83.7 Å². The Bertz CT molecular complexity index is 770. The van der Waals surface area contributed by atoms with Gasteiger partial charge in [-0.3, -0.25) is 4.90 Å². The molecular formula is C20H25ClN4. The fraction of sp³-hybridized carbons (Fsp3) is 0.250. The van der Waals surface area contributed by atoms with Gasteiger partial charge in [0, 0.05) is 32.4 Å². The SMILES string of the molecule is Cc1ccccc1-n1nccc1CN(CCN)Cc1ccccc1.Cl. The van der Waals surface area contributed by atoms with Crippen LogP contribution in [0.5, 0.6) is 0 Å². The molecule has 3 aromatic rings. The molecule has 132 valence electrons. The molecule has 3 rings (SSSR count). The highest BCUT2D eigenvalue weighted by Crippen LogP contribution is 2.17. The first-order valence-electron chi connectivity index (χ1n) is 8.33. The standard InChI is InChI=1S/C20H24N4.ClH/c1-17-7-5-6-10-20(17)24-19(11-13-22-24)16-23(14-12-21)15-18-8-3-2-4-9-18;/h2-11,13H,12,14-16,21H2,1H3;1H. The zero-order valence-electron chi connectivity index (χ0n) is 14.5. The number of para-hydroxylation sites is 1. The van der Waals surface area contributed by atoms with E-state index in [2.05, 4.69) is 71.5 Å². The maximum atomic E-state index is 5.82. The molecule has 0 spiro atoms. The first-order chi connectivity index (χ1) is 11.8. The largest absolute Gasteiger partial charge is 0.329 e. The highest BCUT2D eigenvalue weighted by atomic mass is 35.5. The van der Waals surface area contributed by atoms with Crippen LogP contribution in [0.15, 0.2) is 66.9 Å². The minimum atomic E-state index is 0. The highest BCUT2D eigenvalue weighted by molar-refractivity contribution is 5.85. The van der Waals surface area contributed by atoms with Crippen molar-refractivity contribution in [2.45, 2.75) is 20.0 Å². The topological polar surface area (TPSA) is 47.1 Å². The Labute approximate surface area is 155 Å². The van der Waals surface area contributed by atoms with Gasteiger partial charge in [-0.05, 0) is 30.2 Å². The van der Waals surface area contributed by atoms with E-state index in [1.807, 2.05) is 16.9 Å². The summed E-state index contributed by atoms with van der Waals surface area (Å²) in [5.74, 6) is 0. The number of aromatic nitrogens is 2. The predicted molar refractivity (Wildman–Crippen MR) is 105 cm³/mol. The van der Waals surface area contributed by atoms with Gasteiger partial charge in [0.2, 0.25) is 0 Å². The van der Waals surface area contributed by atoms with Gasteiger partial charge in [-0.25, -0.2) is 4.68 Å². The molecule has 2 N–H and O–H groups in total. The van der Waals surface area contributed by atoms with Crippen molar-refractivity contribution < 1.29 is 0 Å². The van der Waals surface area contributed by atoms with E-state index in [9.17, 15) is 0 Å². The zero-order chi connectivity index (χ0) is 16.8. The lowest BCUT2D eigenvalue weighted by Crippen LogP contribution is -2.29. The van der Waals surface area contributed by atoms with Crippen LogP contribution >= 0.6 is 12.4 Å². The van der Waals surface area contributed by atoms with E-state index in [0.717, 1.165) is 25.3 Å². The lowest BCUT2D eigenvalue weighted by atomic mass is 10.2. The summed E-state index contributed by atoms with van der Waals surface area (Å²) in [6.45, 7) is 5.32. The summed E-state index contributed by atoms with van der Waals surface area (Å²) in [6.07, 6.45) is 1.87. The number of aryl methyl sites for hydroxylation is 1. The van der Waals surface area contributed by atoms with Crippen molar-refractivity contribution in [2.24, 2.45) is 5.73 Å². The van der Waals surface area contributed by atoms with Gasteiger partial charge in [0.1, 0.15) is 0 Å². The van der Waals surface area contributed by atoms with E-state index in [4.69, 9.17) is 5.73 Å². The molecule has 1 aromatic heterocycles. The van der Waals surface area contributed by atoms with E-state index in [-0.39, 0.29) is 12.4 Å². The summed E-state index contributed by atoms with van der Waals surface area (Å²) < 4.78 is 2.03. The second-order valence-electron chi connectivity index (χ2n) is 6.01. The third kappa shape index (κ3) is 4.92. The van der Waals surface area contributed by atoms with Gasteiger partial charge in [0.05, 0.1) is 11.4 Å². The number of hydrogen-bond acceptors (Lipinski definition) is 3. The summed E-state index contributed by atoms with van der Waals surface area (Å²) in [4.78, 5) is 2.36. The number of benzene rings is 2. The Morgan fingerprint density at radius 2 is 1.68 bits per heavy atom. The van der Waals surface area contributed by atoms with Crippen LogP contribution in [0, 0.1) is 6.92 Å². The van der Waals surface area contributed by atoms with Crippen LogP contribution in [-0.2, 0) is 13.1 Å². The Morgan fingerprint density at radius 1 is 0.960 bits per heavy atom. The Balaban J connectivity index is 0.00000225. The molecule has 0 bridgehead atoms. The second-order valence-corrected chi connectivity index (χ2v) is 6.01. The quantitative estimate of drug-likeness (QED) is 0.704. The maximum Gasteiger partial charge on any atom is 0.0678 e. The number of rotatable bonds is 7. The molecule has 0 aliphatic rings. The molecular weight excluding hydrogens is 332 g/mol. The molecule has 0 radical (unpaired) electrons. The molecule has 5 heteroatoms. The Hall–Kier alpha value is -2.14. The highest BCUT2D eigenvalue weighted by Gasteiger charge is 2.12. The fourth-order valence-electron chi connectivity index (χ4n) is 2.94. The number of nitrogens with two attached hydrogens (primary N) is 1. The molecule has 0 saturated heterocycles. The minimum absolute atomic E-state index is 0. The lowest BCUT2D eigenvalue weighted by Gasteiger charge is -2.22. The molecule has 0 atom stereocenters. The predicted octanol–water partition coefficient (Wildman–Crippen LogP) is 3.56. The molecule has 4 nitrogen and oxygen atoms in total. The van der Waals surface area contributed by atoms with E-state index >= 15 is 0 Å². The molecule has 2 aromatic carbocycles. The summed E-state index contributed by atoms with van der Waals surface area (Å²) in [6, 6.07) is 20.9. The summed E-state index contributed by atoms with van der Waals surface area (Å²) in [5, 5.41) is 4.53. The van der Waals surface area contributed by atoms with Crippen LogP contribution in [0.2, 0.25) is 0 Å². The van der Waals surface area contributed by atoms with Crippen molar-refractivity contribution in [2.75, 3.05) is 13.1 Å². The Morgan fingerprint density at radius 3 is 2.40 bits per heavy atom. The summed E-state index contributed by atoms with van der Waals surface area (Å²) >= 11 is 0. The van der Waals surface area contributed by atoms with Crippen molar-refractivity contribution in [1.29, 1.82) is 0 Å². The van der Waals surface area contributed by atoms with Crippen molar-refractivity contribution in [3.8, 4) is 5.69 Å². The van der Waals surface area contributed by atoms with Crippen LogP contribution in [0.3, 0.4) is 0 Å². The van der Waals surface area contributed by atoms with Gasteiger partial charge in [-0.1, -0.05) is 48.5 Å². The van der Waals surface area contributed by atoms with Crippen LogP contribution in [0.4, 0.5) is 0 Å². The minimum Gasteiger partial charge on any atom is -0.329 e. The molecule has 0 amide bonds. The number of hydrogen-bond donors (Lipinski definition) is 1. The lowest BCUT2D eigenvalue weighted by molar-refractivity contribution is 0.259. The average Bonchev–Trinajstić information content (AvgIpc) is 3.04. The maximum absolute atomic E-state index is 5.82. The zero-order valence-corrected chi connectivity index (χ0v) is 15.3. The Kier molecular flexibility index (Phi) is 7.19. The number of nitrogens with zero attached hydrogens (tertiary/aromatic N) is 3. The van der Waals surface area contributed by atoms with Gasteiger partial charge in [0.15, 0.2) is 0 Å². The monoisotopic (exact) mass is 356 g/mol. The summed E-state index contributed by atoms with van der Waals surface area (Å²) in [5.41, 5.74) is 10.6. The fourth-order valence-corrected chi connectivity index (χ4v) is 2.94. The molecule has 0 aliphatic carbocycles. The van der Waals surface area contributed by atoms with Crippen molar-refractivity contribution in [1.82, 2.24) is 14.7 Å². The first kappa shape index (κ1) is 19.2. The molecule has 0 aliphatic heterocycles. The molecule has 25 heavy (non-hydrogen) atoms. The van der Waals surface area contributed by atoms with Gasteiger partial charge in [-0.2, -0.15) is 5.10 Å². The van der Waals surface area contributed by atoms with Gasteiger partial charge >= 0.3 is 0 Å². The third-order valence-corrected chi connectivity index (χ3v) is 4.14. The van der Waals surface area contributed by atoms with Gasteiger partial charge in [-0.15, -0.1) is 12.4 Å². The smallest absolute Gasteiger partial charge is 0.0678 e. The van der Waals surface area contributed by atoms with Crippen LogP contribution in [-0.4, -0.2) is 27.8 Å². The van der Waals surface area contributed by atoms with Crippen LogP contribution in [0.25, 0.3) is 5.69 Å². The molecule has 0 fully saturated rings. The van der Waals surface area contributed by atoms with Gasteiger partial charge in [0.25, 0.3) is 0 Å². The van der Waals surface area contributed by atoms with E-state index in [1.165, 1.54) is 16.8 Å². The van der Waals surface area contributed by atoms with Crippen LogP contribution in [0.1, 0.15) is 16.8 Å². The van der Waals surface area contributed by atoms with Crippen molar-refractivity contribution >= 4 is 12.4 Å². The number of halogens is 1. The van der Waals surface area contributed by atoms with E-state index < -0.39 is 0 Å². The van der Waals surface area contributed by atoms with Crippen LogP contribution < -0.4 is 5.73 Å². The van der Waals surface area contributed by atoms with Gasteiger partial charge < -0.3 is 5.73 Å². The molecule has 0 saturated carbocycles. The molecule has 0 unspecified atom stereocenters. The van der Waals surface area contributed by atoms with E-state index in [1.54, 1.807) is 0 Å². The third-order valence-electron chi connectivity index (χ3n) is 4.14. The normalized spacial score (nSPS) is 10.7. The second kappa shape index (κ2) is 9.37. The average molecular weight is 357 g/mol. The van der Waals surface area contributed by atoms with E-state index in [0.29, 0.717) is 6.54 Å². The first-order valence-corrected chi connectivity index (χ1v) is 8.33. The summed E-state index contributed by atoms with van der Waals surface area (Å²) in [7, 11) is 0. The molecule has 1 heterocycles.